The molecule has 0 fully saturated rings. The van der Waals surface area contributed by atoms with Gasteiger partial charge in [0.2, 0.25) is 0 Å². The van der Waals surface area contributed by atoms with E-state index in [0.717, 1.165) is 19.1 Å². The zero-order valence-corrected chi connectivity index (χ0v) is 12.4. The van der Waals surface area contributed by atoms with Crippen molar-refractivity contribution in [2.75, 3.05) is 0 Å². The van der Waals surface area contributed by atoms with E-state index >= 15 is 0 Å². The van der Waals surface area contributed by atoms with Crippen LogP contribution in [-0.2, 0) is 16.6 Å². The van der Waals surface area contributed by atoms with E-state index in [4.69, 9.17) is 0 Å². The van der Waals surface area contributed by atoms with E-state index < -0.39 is 0 Å². The van der Waals surface area contributed by atoms with Gasteiger partial charge in [-0.15, -0.1) is 0 Å². The van der Waals surface area contributed by atoms with Crippen LogP contribution >= 0.6 is 0 Å². The molecule has 0 amide bonds. The summed E-state index contributed by atoms with van der Waals surface area (Å²) in [4.78, 5) is 10.4. The Bertz CT molecular complexity index is 379. The van der Waals surface area contributed by atoms with E-state index in [-0.39, 0.29) is 5.41 Å². The lowest BCUT2D eigenvalue weighted by Crippen LogP contribution is -2.24. The number of carbonyl (C=O) groups is 1. The van der Waals surface area contributed by atoms with Crippen molar-refractivity contribution < 1.29 is 4.79 Å². The third-order valence-electron chi connectivity index (χ3n) is 3.26. The summed E-state index contributed by atoms with van der Waals surface area (Å²) in [5, 5.41) is 0. The number of hydrogen-bond donors (Lipinski definition) is 0. The van der Waals surface area contributed by atoms with Crippen LogP contribution in [0.25, 0.3) is 0 Å². The molecule has 1 aromatic carbocycles. The van der Waals surface area contributed by atoms with Gasteiger partial charge in [0.15, 0.2) is 0 Å². The third kappa shape index (κ3) is 4.64. The molecule has 0 heterocycles. The van der Waals surface area contributed by atoms with Gasteiger partial charge in [0.05, 0.1) is 0 Å². The summed E-state index contributed by atoms with van der Waals surface area (Å²) in [5.74, 6) is 0. The van der Waals surface area contributed by atoms with Gasteiger partial charge >= 0.3 is 0 Å². The van der Waals surface area contributed by atoms with Crippen molar-refractivity contribution in [1.29, 1.82) is 0 Å². The molecule has 0 aliphatic carbocycles. The molecular formula is C17H26O. The molecule has 1 nitrogen and oxygen atoms in total. The quantitative estimate of drug-likeness (QED) is 0.697. The second-order valence-corrected chi connectivity index (χ2v) is 7.02. The fourth-order valence-electron chi connectivity index (χ4n) is 2.78. The van der Waals surface area contributed by atoms with Crippen LogP contribution in [0.1, 0.15) is 58.6 Å². The molecule has 1 aromatic rings. The molecule has 0 unspecified atom stereocenters. The number of carbonyl (C=O) groups excluding carboxylic acids is 1. The molecule has 0 spiro atoms. The monoisotopic (exact) mass is 246 g/mol. The van der Waals surface area contributed by atoms with Crippen molar-refractivity contribution in [3.8, 4) is 0 Å². The van der Waals surface area contributed by atoms with Crippen LogP contribution in [0.2, 0.25) is 0 Å². The molecule has 0 bridgehead atoms. The largest absolute Gasteiger partial charge is 0.303 e. The van der Waals surface area contributed by atoms with Crippen molar-refractivity contribution in [2.45, 2.75) is 59.3 Å². The van der Waals surface area contributed by atoms with Gasteiger partial charge in [-0.1, -0.05) is 58.9 Å². The van der Waals surface area contributed by atoms with Crippen molar-refractivity contribution in [3.63, 3.8) is 0 Å². The van der Waals surface area contributed by atoms with Crippen LogP contribution < -0.4 is 0 Å². The van der Waals surface area contributed by atoms with E-state index in [0.29, 0.717) is 11.8 Å². The molecule has 100 valence electrons. The van der Waals surface area contributed by atoms with Gasteiger partial charge in [0.1, 0.15) is 6.29 Å². The minimum absolute atomic E-state index is 0.196. The van der Waals surface area contributed by atoms with Gasteiger partial charge < -0.3 is 4.79 Å². The van der Waals surface area contributed by atoms with E-state index in [1.54, 1.807) is 0 Å². The highest BCUT2D eigenvalue weighted by Gasteiger charge is 2.26. The number of benzene rings is 1. The standard InChI is InChI=1S/C17H26O/c1-16(2,3)13-17(4,5)15-10-8-14(9-11-15)7-6-12-18/h8-12H,6-7,13H2,1-5H3. The van der Waals surface area contributed by atoms with Crippen LogP contribution in [0.3, 0.4) is 0 Å². The lowest BCUT2D eigenvalue weighted by Gasteiger charge is -2.33. The lowest BCUT2D eigenvalue weighted by atomic mass is 9.72. The maximum Gasteiger partial charge on any atom is 0.120 e. The maximum atomic E-state index is 10.4. The molecule has 0 saturated heterocycles. The third-order valence-corrected chi connectivity index (χ3v) is 3.26. The van der Waals surface area contributed by atoms with Crippen molar-refractivity contribution in [2.24, 2.45) is 5.41 Å². The summed E-state index contributed by atoms with van der Waals surface area (Å²) in [6.45, 7) is 11.5. The second kappa shape index (κ2) is 5.69. The Labute approximate surface area is 112 Å². The molecule has 1 heteroatoms. The summed E-state index contributed by atoms with van der Waals surface area (Å²) in [5.41, 5.74) is 3.16. The van der Waals surface area contributed by atoms with Crippen LogP contribution in [-0.4, -0.2) is 6.29 Å². The van der Waals surface area contributed by atoms with E-state index in [9.17, 15) is 4.79 Å². The van der Waals surface area contributed by atoms with Gasteiger partial charge in [-0.3, -0.25) is 0 Å². The molecular weight excluding hydrogens is 220 g/mol. The second-order valence-electron chi connectivity index (χ2n) is 7.02. The Hall–Kier alpha value is -1.11. The normalized spacial score (nSPS) is 12.5. The van der Waals surface area contributed by atoms with E-state index in [1.807, 2.05) is 0 Å². The van der Waals surface area contributed by atoms with Crippen LogP contribution in [0.4, 0.5) is 0 Å². The average Bonchev–Trinajstić information content (AvgIpc) is 2.23. The Morgan fingerprint density at radius 2 is 1.56 bits per heavy atom. The molecule has 0 atom stereocenters. The predicted octanol–water partition coefficient (Wildman–Crippen LogP) is 4.53. The van der Waals surface area contributed by atoms with Gasteiger partial charge in [0, 0.05) is 6.42 Å². The number of hydrogen-bond acceptors (Lipinski definition) is 1. The molecule has 0 aliphatic heterocycles. The number of rotatable bonds is 5. The molecule has 0 aromatic heterocycles. The summed E-state index contributed by atoms with van der Waals surface area (Å²) >= 11 is 0. The van der Waals surface area contributed by atoms with Gasteiger partial charge in [-0.05, 0) is 34.8 Å². The first-order valence-electron chi connectivity index (χ1n) is 6.78. The molecule has 1 rings (SSSR count). The SMILES string of the molecule is CC(C)(C)CC(C)(C)c1ccc(CCC=O)cc1. The fraction of sp³-hybridized carbons (Fsp3) is 0.588. The van der Waals surface area contributed by atoms with Gasteiger partial charge in [-0.25, -0.2) is 0 Å². The molecule has 0 aliphatic rings. The Kier molecular flexibility index (Phi) is 4.72. The van der Waals surface area contributed by atoms with Gasteiger partial charge in [0.25, 0.3) is 0 Å². The Morgan fingerprint density at radius 1 is 1.00 bits per heavy atom. The zero-order chi connectivity index (χ0) is 13.8. The topological polar surface area (TPSA) is 17.1 Å². The smallest absolute Gasteiger partial charge is 0.120 e. The predicted molar refractivity (Wildman–Crippen MR) is 77.9 cm³/mol. The Morgan fingerprint density at radius 3 is 2.00 bits per heavy atom. The molecule has 18 heavy (non-hydrogen) atoms. The van der Waals surface area contributed by atoms with Crippen LogP contribution in [0, 0.1) is 5.41 Å². The fourth-order valence-corrected chi connectivity index (χ4v) is 2.78. The van der Waals surface area contributed by atoms with Crippen molar-refractivity contribution in [1.82, 2.24) is 0 Å². The highest BCUT2D eigenvalue weighted by atomic mass is 16.1. The number of aldehydes is 1. The maximum absolute atomic E-state index is 10.4. The summed E-state index contributed by atoms with van der Waals surface area (Å²) in [6.07, 6.45) is 3.61. The first-order chi connectivity index (χ1) is 8.24. The first kappa shape index (κ1) is 14.9. The van der Waals surface area contributed by atoms with E-state index in [2.05, 4.69) is 58.9 Å². The summed E-state index contributed by atoms with van der Waals surface area (Å²) < 4.78 is 0. The van der Waals surface area contributed by atoms with Crippen molar-refractivity contribution >= 4 is 6.29 Å². The minimum Gasteiger partial charge on any atom is -0.303 e. The van der Waals surface area contributed by atoms with Crippen LogP contribution in [0.5, 0.6) is 0 Å². The summed E-state index contributed by atoms with van der Waals surface area (Å²) in [7, 11) is 0. The molecule has 0 saturated carbocycles. The highest BCUT2D eigenvalue weighted by molar-refractivity contribution is 5.50. The Balaban J connectivity index is 2.80. The van der Waals surface area contributed by atoms with Crippen molar-refractivity contribution in [3.05, 3.63) is 35.4 Å². The first-order valence-corrected chi connectivity index (χ1v) is 6.78. The zero-order valence-electron chi connectivity index (χ0n) is 12.4. The average molecular weight is 246 g/mol. The molecule has 0 radical (unpaired) electrons. The lowest BCUT2D eigenvalue weighted by molar-refractivity contribution is -0.107. The highest BCUT2D eigenvalue weighted by Crippen LogP contribution is 2.36. The summed E-state index contributed by atoms with van der Waals surface area (Å²) in [6, 6.07) is 8.74. The minimum atomic E-state index is 0.196. The number of aryl methyl sites for hydroxylation is 1. The molecule has 0 N–H and O–H groups in total. The van der Waals surface area contributed by atoms with Gasteiger partial charge in [-0.2, -0.15) is 0 Å². The van der Waals surface area contributed by atoms with Crippen LogP contribution in [0.15, 0.2) is 24.3 Å². The van der Waals surface area contributed by atoms with E-state index in [1.165, 1.54) is 11.1 Å².